The first-order valence-electron chi connectivity index (χ1n) is 11.7. The van der Waals surface area contributed by atoms with E-state index in [0.29, 0.717) is 16.5 Å². The van der Waals surface area contributed by atoms with Crippen molar-refractivity contribution in [1.29, 1.82) is 0 Å². The molecule has 6 nitrogen and oxygen atoms in total. The summed E-state index contributed by atoms with van der Waals surface area (Å²) in [5, 5.41) is 4.01. The fraction of sp³-hybridized carbons (Fsp3) is 0.480. The fourth-order valence-electron chi connectivity index (χ4n) is 5.17. The molecule has 3 aromatic heterocycles. The Morgan fingerprint density at radius 3 is 2.82 bits per heavy atom. The van der Waals surface area contributed by atoms with Gasteiger partial charge >= 0.3 is 0 Å². The Morgan fingerprint density at radius 2 is 2.06 bits per heavy atom. The number of carbonyl (C=O) groups is 1. The van der Waals surface area contributed by atoms with Crippen LogP contribution >= 0.6 is 11.3 Å². The highest BCUT2D eigenvalue weighted by Crippen LogP contribution is 2.34. The van der Waals surface area contributed by atoms with Crippen molar-refractivity contribution >= 4 is 39.0 Å². The largest absolute Gasteiger partial charge is 0.397 e. The van der Waals surface area contributed by atoms with Crippen molar-refractivity contribution < 1.29 is 9.18 Å². The lowest BCUT2D eigenvalue weighted by molar-refractivity contribution is 0.0938. The van der Waals surface area contributed by atoms with Gasteiger partial charge in [-0.2, -0.15) is 0 Å². The van der Waals surface area contributed by atoms with E-state index in [1.54, 1.807) is 0 Å². The first kappa shape index (κ1) is 22.1. The Balaban J connectivity index is 1.27. The van der Waals surface area contributed by atoms with Crippen LogP contribution in [0.15, 0.2) is 24.3 Å². The summed E-state index contributed by atoms with van der Waals surface area (Å²) in [5.74, 6) is 1.32. The van der Waals surface area contributed by atoms with Gasteiger partial charge in [-0.1, -0.05) is 19.4 Å². The molecule has 1 fully saturated rings. The van der Waals surface area contributed by atoms with E-state index in [1.807, 2.05) is 25.1 Å². The molecular formula is C25H30FN5OS. The predicted octanol–water partition coefficient (Wildman–Crippen LogP) is 4.30. The number of thiophene rings is 1. The standard InChI is InChI=1S/C25H30FN5OS/c1-3-15-12-31(13-17(15)11-26)21-9-5-16-10-18(6-8-20(16)30-21)29-24(32)23-22(27)19-7-4-14(2)28-25(19)33-23/h4-5,7,9,15,17-18H,3,6,8,10-13,27H2,1-2H3,(H,29,32)/t15-,17+,18+/m1/s1. The van der Waals surface area contributed by atoms with Crippen molar-refractivity contribution in [2.45, 2.75) is 45.6 Å². The molecule has 3 aromatic rings. The number of nitrogens with one attached hydrogen (secondary N) is 1. The number of nitrogens with zero attached hydrogens (tertiary/aromatic N) is 3. The van der Waals surface area contributed by atoms with Gasteiger partial charge in [-0.05, 0) is 55.9 Å². The maximum absolute atomic E-state index is 13.4. The molecule has 0 bridgehead atoms. The van der Waals surface area contributed by atoms with E-state index in [4.69, 9.17) is 10.7 Å². The number of nitrogen functional groups attached to an aromatic ring is 1. The van der Waals surface area contributed by atoms with Gasteiger partial charge in [-0.3, -0.25) is 9.18 Å². The molecule has 174 valence electrons. The molecule has 0 spiro atoms. The van der Waals surface area contributed by atoms with Gasteiger partial charge in [0.05, 0.1) is 12.4 Å². The highest BCUT2D eigenvalue weighted by atomic mass is 32.1. The van der Waals surface area contributed by atoms with Gasteiger partial charge in [0.15, 0.2) is 0 Å². The Bertz CT molecular complexity index is 1180. The van der Waals surface area contributed by atoms with Crippen molar-refractivity contribution in [2.24, 2.45) is 11.8 Å². The zero-order valence-corrected chi connectivity index (χ0v) is 19.9. The van der Waals surface area contributed by atoms with Crippen LogP contribution in [0.25, 0.3) is 10.2 Å². The van der Waals surface area contributed by atoms with Crippen LogP contribution < -0.4 is 16.0 Å². The van der Waals surface area contributed by atoms with Crippen LogP contribution in [0.5, 0.6) is 0 Å². The van der Waals surface area contributed by atoms with Gasteiger partial charge in [0.1, 0.15) is 15.5 Å². The first-order chi connectivity index (χ1) is 16.0. The lowest BCUT2D eigenvalue weighted by atomic mass is 9.91. The number of hydrogen-bond donors (Lipinski definition) is 2. The van der Waals surface area contributed by atoms with Crippen molar-refractivity contribution in [1.82, 2.24) is 15.3 Å². The minimum absolute atomic E-state index is 0.0455. The normalized spacial score (nSPS) is 22.5. The van der Waals surface area contributed by atoms with Crippen LogP contribution in [0.1, 0.15) is 46.4 Å². The molecule has 0 saturated carbocycles. The highest BCUT2D eigenvalue weighted by Gasteiger charge is 2.33. The maximum atomic E-state index is 13.4. The molecule has 1 aliphatic heterocycles. The number of aromatic nitrogens is 2. The molecule has 1 saturated heterocycles. The van der Waals surface area contributed by atoms with Gasteiger partial charge in [-0.15, -0.1) is 11.3 Å². The third-order valence-corrected chi connectivity index (χ3v) is 8.26. The summed E-state index contributed by atoms with van der Waals surface area (Å²) in [6.07, 6.45) is 3.40. The smallest absolute Gasteiger partial charge is 0.263 e. The Hall–Kier alpha value is -2.74. The van der Waals surface area contributed by atoms with Gasteiger partial charge in [0.2, 0.25) is 0 Å². The summed E-state index contributed by atoms with van der Waals surface area (Å²) in [6.45, 7) is 5.42. The Kier molecular flexibility index (Phi) is 5.95. The number of rotatable bonds is 5. The molecule has 0 unspecified atom stereocenters. The van der Waals surface area contributed by atoms with E-state index >= 15 is 0 Å². The van der Waals surface area contributed by atoms with Gasteiger partial charge in [0, 0.05) is 41.8 Å². The quantitative estimate of drug-likeness (QED) is 0.584. The van der Waals surface area contributed by atoms with Crippen molar-refractivity contribution in [3.05, 3.63) is 46.1 Å². The third-order valence-electron chi connectivity index (χ3n) is 7.15. The van der Waals surface area contributed by atoms with Crippen LogP contribution in [0.3, 0.4) is 0 Å². The number of alkyl halides is 1. The number of hydrogen-bond acceptors (Lipinski definition) is 6. The second-order valence-electron chi connectivity index (χ2n) is 9.33. The average molecular weight is 468 g/mol. The van der Waals surface area contributed by atoms with Gasteiger partial charge in [0.25, 0.3) is 5.91 Å². The van der Waals surface area contributed by atoms with E-state index < -0.39 is 0 Å². The lowest BCUT2D eigenvalue weighted by Gasteiger charge is -2.26. The molecule has 33 heavy (non-hydrogen) atoms. The molecule has 3 N–H and O–H groups in total. The van der Waals surface area contributed by atoms with Crippen molar-refractivity contribution in [3.63, 3.8) is 0 Å². The first-order valence-corrected chi connectivity index (χ1v) is 12.5. The summed E-state index contributed by atoms with van der Waals surface area (Å²) < 4.78 is 13.4. The van der Waals surface area contributed by atoms with Crippen LogP contribution in [0, 0.1) is 18.8 Å². The molecule has 0 radical (unpaired) electrons. The number of aryl methyl sites for hydroxylation is 2. The Labute approximate surface area is 197 Å². The average Bonchev–Trinajstić information content (AvgIpc) is 3.39. The number of nitrogens with two attached hydrogens (primary N) is 1. The second-order valence-corrected chi connectivity index (χ2v) is 10.3. The number of amides is 1. The molecule has 4 heterocycles. The molecule has 3 atom stereocenters. The van der Waals surface area contributed by atoms with Gasteiger partial charge < -0.3 is 16.0 Å². The fourth-order valence-corrected chi connectivity index (χ4v) is 6.21. The summed E-state index contributed by atoms with van der Waals surface area (Å²) in [4.78, 5) is 26.0. The third kappa shape index (κ3) is 4.16. The van der Waals surface area contributed by atoms with Gasteiger partial charge in [-0.25, -0.2) is 9.97 Å². The van der Waals surface area contributed by atoms with E-state index in [9.17, 15) is 9.18 Å². The molecule has 8 heteroatoms. The molecule has 1 aliphatic carbocycles. The topological polar surface area (TPSA) is 84.1 Å². The number of anilines is 2. The van der Waals surface area contributed by atoms with E-state index in [-0.39, 0.29) is 24.5 Å². The minimum Gasteiger partial charge on any atom is -0.397 e. The summed E-state index contributed by atoms with van der Waals surface area (Å²) >= 11 is 1.35. The number of fused-ring (bicyclic) bond motifs is 2. The van der Waals surface area contributed by atoms with Crippen LogP contribution in [-0.2, 0) is 12.8 Å². The molecule has 1 amide bonds. The van der Waals surface area contributed by atoms with Crippen LogP contribution in [-0.4, -0.2) is 41.7 Å². The molecule has 0 aromatic carbocycles. The minimum atomic E-state index is -0.263. The van der Waals surface area contributed by atoms with Crippen molar-refractivity contribution in [3.8, 4) is 0 Å². The number of halogens is 1. The zero-order chi connectivity index (χ0) is 23.1. The van der Waals surface area contributed by atoms with Crippen molar-refractivity contribution in [2.75, 3.05) is 30.4 Å². The summed E-state index contributed by atoms with van der Waals surface area (Å²) in [5.41, 5.74) is 9.94. The highest BCUT2D eigenvalue weighted by molar-refractivity contribution is 7.21. The second kappa shape index (κ2) is 8.89. The summed E-state index contributed by atoms with van der Waals surface area (Å²) in [6, 6.07) is 8.06. The van der Waals surface area contributed by atoms with Crippen LogP contribution in [0.4, 0.5) is 15.9 Å². The lowest BCUT2D eigenvalue weighted by Crippen LogP contribution is -2.39. The SMILES string of the molecule is CC[C@@H]1CN(c2ccc3c(n2)CC[C@H](NC(=O)c2sc4nc(C)ccc4c2N)C3)C[C@@H]1CF. The zero-order valence-electron chi connectivity index (χ0n) is 19.1. The molecule has 2 aliphatic rings. The summed E-state index contributed by atoms with van der Waals surface area (Å²) in [7, 11) is 0. The number of pyridine rings is 2. The molecule has 5 rings (SSSR count). The van der Waals surface area contributed by atoms with Crippen LogP contribution in [0.2, 0.25) is 0 Å². The predicted molar refractivity (Wildman–Crippen MR) is 132 cm³/mol. The van der Waals surface area contributed by atoms with E-state index in [0.717, 1.165) is 66.2 Å². The Morgan fingerprint density at radius 1 is 1.24 bits per heavy atom. The maximum Gasteiger partial charge on any atom is 0.263 e. The van der Waals surface area contributed by atoms with E-state index in [1.165, 1.54) is 16.9 Å². The van der Waals surface area contributed by atoms with E-state index in [2.05, 4.69) is 28.2 Å². The monoisotopic (exact) mass is 467 g/mol. The number of carbonyl (C=O) groups excluding carboxylic acids is 1. The molecular weight excluding hydrogens is 437 g/mol.